The SMILES string of the molecule is CCN.O=C(O)C(Cl)(Cl)Cl. The highest BCUT2D eigenvalue weighted by atomic mass is 35.6. The van der Waals surface area contributed by atoms with Crippen molar-refractivity contribution in [1.29, 1.82) is 0 Å². The maximum Gasteiger partial charge on any atom is 0.356 e. The van der Waals surface area contributed by atoms with Crippen molar-refractivity contribution < 1.29 is 9.90 Å². The molecule has 0 fully saturated rings. The molecular weight excluding hydrogens is 200 g/mol. The molecule has 10 heavy (non-hydrogen) atoms. The molecule has 3 N–H and O–H groups in total. The van der Waals surface area contributed by atoms with Crippen LogP contribution in [0.1, 0.15) is 6.92 Å². The molecule has 0 aliphatic carbocycles. The molecule has 0 aliphatic rings. The molecule has 0 aromatic rings. The average Bonchev–Trinajstić information content (AvgIpc) is 1.64. The Kier molecular flexibility index (Phi) is 7.81. The molecule has 0 radical (unpaired) electrons. The summed E-state index contributed by atoms with van der Waals surface area (Å²) in [7, 11) is 0. The third-order valence-corrected chi connectivity index (χ3v) is 0.728. The van der Waals surface area contributed by atoms with Crippen LogP contribution in [-0.4, -0.2) is 21.4 Å². The number of carboxylic acids is 1. The van der Waals surface area contributed by atoms with Crippen molar-refractivity contribution in [3.05, 3.63) is 0 Å². The van der Waals surface area contributed by atoms with E-state index in [4.69, 9.17) is 45.6 Å². The molecule has 0 bridgehead atoms. The Morgan fingerprint density at radius 2 is 1.70 bits per heavy atom. The largest absolute Gasteiger partial charge is 0.478 e. The molecule has 6 heteroatoms. The molecular formula is C4H8Cl3NO2. The van der Waals surface area contributed by atoms with E-state index in [1.165, 1.54) is 0 Å². The van der Waals surface area contributed by atoms with Crippen LogP contribution in [0.25, 0.3) is 0 Å². The van der Waals surface area contributed by atoms with E-state index in [0.29, 0.717) is 0 Å². The number of carbonyl (C=O) groups is 1. The van der Waals surface area contributed by atoms with Gasteiger partial charge in [-0.15, -0.1) is 0 Å². The molecule has 0 aliphatic heterocycles. The predicted octanol–water partition coefficient (Wildman–Crippen LogP) is 1.41. The summed E-state index contributed by atoms with van der Waals surface area (Å²) in [6.07, 6.45) is 0. The first-order chi connectivity index (χ1) is 4.36. The molecule has 0 saturated carbocycles. The number of halogens is 3. The van der Waals surface area contributed by atoms with Gasteiger partial charge in [0.15, 0.2) is 0 Å². The summed E-state index contributed by atoms with van der Waals surface area (Å²) in [6, 6.07) is 0. The van der Waals surface area contributed by atoms with Crippen LogP contribution in [0.4, 0.5) is 0 Å². The van der Waals surface area contributed by atoms with Gasteiger partial charge >= 0.3 is 5.97 Å². The van der Waals surface area contributed by atoms with Gasteiger partial charge in [0.25, 0.3) is 3.79 Å². The van der Waals surface area contributed by atoms with Gasteiger partial charge in [0.2, 0.25) is 0 Å². The molecule has 0 aromatic heterocycles. The van der Waals surface area contributed by atoms with Gasteiger partial charge in [0, 0.05) is 0 Å². The van der Waals surface area contributed by atoms with Crippen LogP contribution in [0.5, 0.6) is 0 Å². The zero-order valence-electron chi connectivity index (χ0n) is 5.27. The average molecular weight is 208 g/mol. The topological polar surface area (TPSA) is 63.3 Å². The molecule has 0 aromatic carbocycles. The summed E-state index contributed by atoms with van der Waals surface area (Å²) < 4.78 is -2.17. The fourth-order valence-corrected chi connectivity index (χ4v) is 0. The van der Waals surface area contributed by atoms with Gasteiger partial charge in [-0.25, -0.2) is 4.79 Å². The van der Waals surface area contributed by atoms with Crippen molar-refractivity contribution >= 4 is 40.8 Å². The number of hydrogen-bond acceptors (Lipinski definition) is 2. The number of aliphatic carboxylic acids is 1. The minimum atomic E-state index is -2.17. The van der Waals surface area contributed by atoms with Crippen LogP contribution >= 0.6 is 34.8 Å². The third-order valence-electron chi connectivity index (χ3n) is 0.243. The number of nitrogens with two attached hydrogens (primary N) is 1. The highest BCUT2D eigenvalue weighted by molar-refractivity contribution is 6.75. The van der Waals surface area contributed by atoms with Crippen LogP contribution in [0.15, 0.2) is 0 Å². The molecule has 3 nitrogen and oxygen atoms in total. The van der Waals surface area contributed by atoms with Crippen LogP contribution < -0.4 is 5.73 Å². The number of hydrogen-bond donors (Lipinski definition) is 2. The maximum absolute atomic E-state index is 9.62. The lowest BCUT2D eigenvalue weighted by Gasteiger charge is -1.99. The molecule has 62 valence electrons. The van der Waals surface area contributed by atoms with Gasteiger partial charge in [0.1, 0.15) is 0 Å². The number of rotatable bonds is 0. The third kappa shape index (κ3) is 11.1. The van der Waals surface area contributed by atoms with Gasteiger partial charge < -0.3 is 10.8 Å². The molecule has 0 amide bonds. The van der Waals surface area contributed by atoms with E-state index in [1.807, 2.05) is 6.92 Å². The normalized spacial score (nSPS) is 9.70. The first-order valence-electron chi connectivity index (χ1n) is 2.36. The molecule has 0 heterocycles. The fraction of sp³-hybridized carbons (Fsp3) is 0.750. The van der Waals surface area contributed by atoms with Gasteiger partial charge in [0.05, 0.1) is 0 Å². The quantitative estimate of drug-likeness (QED) is 0.592. The standard InChI is InChI=1S/C2HCl3O2.C2H7N/c3-2(4,5)1(6)7;1-2-3/h(H,6,7);2-3H2,1H3. The van der Waals surface area contributed by atoms with Crippen molar-refractivity contribution in [2.45, 2.75) is 10.7 Å². The Hall–Kier alpha value is 0.300. The monoisotopic (exact) mass is 207 g/mol. The fourth-order valence-electron chi connectivity index (χ4n) is 0. The zero-order chi connectivity index (χ0) is 8.78. The van der Waals surface area contributed by atoms with E-state index in [0.717, 1.165) is 6.54 Å². The minimum Gasteiger partial charge on any atom is -0.478 e. The second-order valence-electron chi connectivity index (χ2n) is 1.21. The first-order valence-corrected chi connectivity index (χ1v) is 3.49. The summed E-state index contributed by atoms with van der Waals surface area (Å²) >= 11 is 14.4. The van der Waals surface area contributed by atoms with E-state index in [1.54, 1.807) is 0 Å². The Morgan fingerprint density at radius 3 is 1.70 bits per heavy atom. The second kappa shape index (κ2) is 6.04. The Labute approximate surface area is 74.0 Å². The molecule has 0 spiro atoms. The number of carboxylic acid groups (broad SMARTS) is 1. The molecule has 0 unspecified atom stereocenters. The van der Waals surface area contributed by atoms with Crippen molar-refractivity contribution in [2.24, 2.45) is 5.73 Å². The smallest absolute Gasteiger partial charge is 0.356 e. The Morgan fingerprint density at radius 1 is 1.60 bits per heavy atom. The second-order valence-corrected chi connectivity index (χ2v) is 3.49. The first kappa shape index (κ1) is 12.9. The highest BCUT2D eigenvalue weighted by Gasteiger charge is 2.29. The summed E-state index contributed by atoms with van der Waals surface area (Å²) in [4.78, 5) is 9.62. The van der Waals surface area contributed by atoms with Crippen molar-refractivity contribution in [2.75, 3.05) is 6.54 Å². The van der Waals surface area contributed by atoms with E-state index >= 15 is 0 Å². The summed E-state index contributed by atoms with van der Waals surface area (Å²) in [6.45, 7) is 2.65. The van der Waals surface area contributed by atoms with Gasteiger partial charge in [-0.3, -0.25) is 0 Å². The maximum atomic E-state index is 9.62. The molecule has 0 atom stereocenters. The van der Waals surface area contributed by atoms with Crippen LogP contribution in [0.2, 0.25) is 0 Å². The Balaban J connectivity index is 0. The molecule has 0 saturated heterocycles. The van der Waals surface area contributed by atoms with Crippen LogP contribution in [0, 0.1) is 0 Å². The van der Waals surface area contributed by atoms with Crippen LogP contribution in [0.3, 0.4) is 0 Å². The predicted molar refractivity (Wildman–Crippen MR) is 42.7 cm³/mol. The van der Waals surface area contributed by atoms with E-state index in [2.05, 4.69) is 0 Å². The van der Waals surface area contributed by atoms with Gasteiger partial charge in [-0.05, 0) is 6.54 Å². The lowest BCUT2D eigenvalue weighted by molar-refractivity contribution is -0.135. The van der Waals surface area contributed by atoms with E-state index < -0.39 is 9.76 Å². The summed E-state index contributed by atoms with van der Waals surface area (Å²) in [5.74, 6) is -1.46. The van der Waals surface area contributed by atoms with Crippen molar-refractivity contribution in [3.63, 3.8) is 0 Å². The van der Waals surface area contributed by atoms with Crippen molar-refractivity contribution in [1.82, 2.24) is 0 Å². The molecule has 0 rings (SSSR count). The number of alkyl halides is 3. The minimum absolute atomic E-state index is 0.750. The lowest BCUT2D eigenvalue weighted by Crippen LogP contribution is -2.16. The Bertz CT molecular complexity index is 101. The zero-order valence-corrected chi connectivity index (χ0v) is 7.54. The summed E-state index contributed by atoms with van der Waals surface area (Å²) in [5.41, 5.74) is 4.85. The van der Waals surface area contributed by atoms with E-state index in [9.17, 15) is 4.79 Å². The highest BCUT2D eigenvalue weighted by Crippen LogP contribution is 2.25. The summed E-state index contributed by atoms with van der Waals surface area (Å²) in [5, 5.41) is 7.85. The van der Waals surface area contributed by atoms with Gasteiger partial charge in [-0.1, -0.05) is 41.7 Å². The van der Waals surface area contributed by atoms with Gasteiger partial charge in [-0.2, -0.15) is 0 Å². The van der Waals surface area contributed by atoms with Crippen molar-refractivity contribution in [3.8, 4) is 0 Å². The van der Waals surface area contributed by atoms with E-state index in [-0.39, 0.29) is 0 Å². The van der Waals surface area contributed by atoms with Crippen LogP contribution in [-0.2, 0) is 4.79 Å². The lowest BCUT2D eigenvalue weighted by atomic mass is 10.8.